The summed E-state index contributed by atoms with van der Waals surface area (Å²) in [6.07, 6.45) is -3.72. The predicted octanol–water partition coefficient (Wildman–Crippen LogP) is 6.91. The lowest BCUT2D eigenvalue weighted by Crippen LogP contribution is -2.25. The van der Waals surface area contributed by atoms with Crippen molar-refractivity contribution in [3.8, 4) is 5.75 Å². The van der Waals surface area contributed by atoms with Crippen LogP contribution in [0.15, 0.2) is 102 Å². The highest BCUT2D eigenvalue weighted by molar-refractivity contribution is 6.34. The topological polar surface area (TPSA) is 41.9 Å². The molecular formula is C28H18F4N2O2. The zero-order chi connectivity index (χ0) is 25.3. The number of anilines is 1. The van der Waals surface area contributed by atoms with Crippen molar-refractivity contribution in [1.82, 2.24) is 0 Å². The Labute approximate surface area is 203 Å². The molecule has 0 saturated carbocycles. The summed E-state index contributed by atoms with van der Waals surface area (Å²) in [4.78, 5) is 13.2. The molecule has 0 saturated heterocycles. The SMILES string of the molecule is O=C1/C(=C\c2c(OCc3ccccc3F)ccc3ccccc23)C(C(F)(F)F)=NN1c1ccccc1. The molecule has 1 aliphatic heterocycles. The van der Waals surface area contributed by atoms with Gasteiger partial charge in [-0.25, -0.2) is 4.39 Å². The molecular weight excluding hydrogens is 472 g/mol. The number of carbonyl (C=O) groups excluding carboxylic acids is 1. The first-order valence-corrected chi connectivity index (χ1v) is 11.0. The first kappa shape index (κ1) is 23.3. The normalized spacial score (nSPS) is 15.0. The van der Waals surface area contributed by atoms with Crippen LogP contribution < -0.4 is 9.75 Å². The molecule has 4 nitrogen and oxygen atoms in total. The fourth-order valence-electron chi connectivity index (χ4n) is 3.96. The lowest BCUT2D eigenvalue weighted by molar-refractivity contribution is -0.114. The van der Waals surface area contributed by atoms with E-state index in [2.05, 4.69) is 5.10 Å². The van der Waals surface area contributed by atoms with Gasteiger partial charge in [0.1, 0.15) is 18.2 Å². The number of para-hydroxylation sites is 1. The molecule has 0 spiro atoms. The van der Waals surface area contributed by atoms with Gasteiger partial charge in [0.25, 0.3) is 5.91 Å². The Hall–Kier alpha value is -4.46. The van der Waals surface area contributed by atoms with Crippen LogP contribution in [0.4, 0.5) is 23.2 Å². The molecule has 0 aliphatic carbocycles. The van der Waals surface area contributed by atoms with Gasteiger partial charge >= 0.3 is 6.18 Å². The first-order valence-electron chi connectivity index (χ1n) is 11.0. The van der Waals surface area contributed by atoms with Gasteiger partial charge in [-0.05, 0) is 41.1 Å². The van der Waals surface area contributed by atoms with Crippen molar-refractivity contribution in [1.29, 1.82) is 0 Å². The smallest absolute Gasteiger partial charge is 0.435 e. The Morgan fingerprint density at radius 1 is 0.861 bits per heavy atom. The monoisotopic (exact) mass is 490 g/mol. The molecule has 1 heterocycles. The molecule has 4 aromatic rings. The number of hydrogen-bond donors (Lipinski definition) is 0. The molecule has 4 aromatic carbocycles. The van der Waals surface area contributed by atoms with Gasteiger partial charge < -0.3 is 4.74 Å². The summed E-state index contributed by atoms with van der Waals surface area (Å²) in [5, 5.41) is 5.66. The van der Waals surface area contributed by atoms with Crippen LogP contribution in [-0.4, -0.2) is 17.8 Å². The second-order valence-corrected chi connectivity index (χ2v) is 8.04. The average Bonchev–Trinajstić information content (AvgIpc) is 3.21. The van der Waals surface area contributed by atoms with Crippen LogP contribution in [0.3, 0.4) is 0 Å². The summed E-state index contributed by atoms with van der Waals surface area (Å²) in [5.41, 5.74) is -1.15. The molecule has 8 heteroatoms. The van der Waals surface area contributed by atoms with Gasteiger partial charge in [-0.1, -0.05) is 66.7 Å². The van der Waals surface area contributed by atoms with E-state index in [1.807, 2.05) is 0 Å². The summed E-state index contributed by atoms with van der Waals surface area (Å²) in [6.45, 7) is -0.147. The Kier molecular flexibility index (Phi) is 6.01. The maximum Gasteiger partial charge on any atom is 0.435 e. The van der Waals surface area contributed by atoms with E-state index in [1.165, 1.54) is 18.2 Å². The van der Waals surface area contributed by atoms with Crippen molar-refractivity contribution in [2.45, 2.75) is 12.8 Å². The van der Waals surface area contributed by atoms with Gasteiger partial charge in [0.05, 0.1) is 11.3 Å². The second kappa shape index (κ2) is 9.30. The Morgan fingerprint density at radius 2 is 1.56 bits per heavy atom. The number of rotatable bonds is 5. The van der Waals surface area contributed by atoms with E-state index in [1.54, 1.807) is 72.8 Å². The van der Waals surface area contributed by atoms with Crippen LogP contribution in [-0.2, 0) is 11.4 Å². The van der Waals surface area contributed by atoms with Gasteiger partial charge in [-0.15, -0.1) is 0 Å². The van der Waals surface area contributed by atoms with Gasteiger partial charge in [0, 0.05) is 11.1 Å². The number of amides is 1. The summed E-state index contributed by atoms with van der Waals surface area (Å²) >= 11 is 0. The Morgan fingerprint density at radius 3 is 2.31 bits per heavy atom. The zero-order valence-electron chi connectivity index (χ0n) is 18.7. The van der Waals surface area contributed by atoms with E-state index in [0.717, 1.165) is 16.5 Å². The van der Waals surface area contributed by atoms with Gasteiger partial charge in [0.2, 0.25) is 0 Å². The minimum atomic E-state index is -4.87. The molecule has 1 aliphatic rings. The number of halogens is 4. The number of hydrogen-bond acceptors (Lipinski definition) is 3. The maximum absolute atomic E-state index is 14.1. The van der Waals surface area contributed by atoms with Crippen molar-refractivity contribution in [2.24, 2.45) is 5.10 Å². The van der Waals surface area contributed by atoms with E-state index in [-0.39, 0.29) is 29.2 Å². The van der Waals surface area contributed by atoms with Crippen molar-refractivity contribution in [3.05, 3.63) is 114 Å². The summed E-state index contributed by atoms with van der Waals surface area (Å²) in [7, 11) is 0. The number of nitrogens with zero attached hydrogens (tertiary/aromatic N) is 2. The molecule has 180 valence electrons. The fourth-order valence-corrected chi connectivity index (χ4v) is 3.96. The van der Waals surface area contributed by atoms with Gasteiger partial charge in [-0.2, -0.15) is 23.3 Å². The molecule has 0 N–H and O–H groups in total. The molecule has 0 bridgehead atoms. The largest absolute Gasteiger partial charge is 0.488 e. The Balaban J connectivity index is 1.63. The van der Waals surface area contributed by atoms with Gasteiger partial charge in [-0.3, -0.25) is 4.79 Å². The molecule has 5 rings (SSSR count). The molecule has 0 aromatic heterocycles. The van der Waals surface area contributed by atoms with E-state index in [0.29, 0.717) is 5.39 Å². The van der Waals surface area contributed by atoms with Crippen molar-refractivity contribution < 1.29 is 27.1 Å². The maximum atomic E-state index is 14.1. The summed E-state index contributed by atoms with van der Waals surface area (Å²) < 4.78 is 61.9. The number of carbonyl (C=O) groups is 1. The van der Waals surface area contributed by atoms with Crippen LogP contribution in [0.1, 0.15) is 11.1 Å². The minimum Gasteiger partial charge on any atom is -0.488 e. The summed E-state index contributed by atoms with van der Waals surface area (Å²) in [6, 6.07) is 24.3. The third-order valence-corrected chi connectivity index (χ3v) is 5.71. The van der Waals surface area contributed by atoms with Crippen LogP contribution >= 0.6 is 0 Å². The quantitative estimate of drug-likeness (QED) is 0.225. The molecule has 0 atom stereocenters. The predicted molar refractivity (Wildman–Crippen MR) is 130 cm³/mol. The molecule has 0 unspecified atom stereocenters. The average molecular weight is 490 g/mol. The standard InChI is InChI=1S/C28H18F4N2O2/c29-24-13-7-5-9-19(24)17-36-25-15-14-18-8-4-6-12-21(18)22(25)16-23-26(28(30,31)32)33-34(27(23)35)20-10-2-1-3-11-20/h1-16H,17H2/b23-16-. The number of hydrazone groups is 1. The highest BCUT2D eigenvalue weighted by Gasteiger charge is 2.47. The molecule has 36 heavy (non-hydrogen) atoms. The fraction of sp³-hybridized carbons (Fsp3) is 0.0714. The van der Waals surface area contributed by atoms with Crippen molar-refractivity contribution in [3.63, 3.8) is 0 Å². The molecule has 1 amide bonds. The zero-order valence-corrected chi connectivity index (χ0v) is 18.7. The number of fused-ring (bicyclic) bond motifs is 1. The van der Waals surface area contributed by atoms with Crippen LogP contribution in [0.2, 0.25) is 0 Å². The number of benzene rings is 4. The van der Waals surface area contributed by atoms with Crippen molar-refractivity contribution in [2.75, 3.05) is 5.01 Å². The number of alkyl halides is 3. The lowest BCUT2D eigenvalue weighted by Gasteiger charge is -2.14. The number of ether oxygens (including phenoxy) is 1. The lowest BCUT2D eigenvalue weighted by atomic mass is 9.99. The third-order valence-electron chi connectivity index (χ3n) is 5.71. The molecule has 0 radical (unpaired) electrons. The van der Waals surface area contributed by atoms with E-state index < -0.39 is 29.2 Å². The highest BCUT2D eigenvalue weighted by atomic mass is 19.4. The van der Waals surface area contributed by atoms with Crippen LogP contribution in [0.5, 0.6) is 5.75 Å². The van der Waals surface area contributed by atoms with E-state index >= 15 is 0 Å². The molecule has 0 fully saturated rings. The van der Waals surface area contributed by atoms with E-state index in [4.69, 9.17) is 4.74 Å². The van der Waals surface area contributed by atoms with Crippen LogP contribution in [0, 0.1) is 5.82 Å². The third kappa shape index (κ3) is 4.45. The first-order chi connectivity index (χ1) is 17.3. The minimum absolute atomic E-state index is 0.147. The summed E-state index contributed by atoms with van der Waals surface area (Å²) in [5.74, 6) is -1.17. The van der Waals surface area contributed by atoms with Crippen molar-refractivity contribution >= 4 is 34.2 Å². The van der Waals surface area contributed by atoms with E-state index in [9.17, 15) is 22.4 Å². The highest BCUT2D eigenvalue weighted by Crippen LogP contribution is 2.36. The van der Waals surface area contributed by atoms with Crippen LogP contribution in [0.25, 0.3) is 16.8 Å². The second-order valence-electron chi connectivity index (χ2n) is 8.04. The van der Waals surface area contributed by atoms with Gasteiger partial charge in [0.15, 0.2) is 5.71 Å². The Bertz CT molecular complexity index is 1510.